The topological polar surface area (TPSA) is 83.5 Å². The van der Waals surface area contributed by atoms with Gasteiger partial charge in [-0.15, -0.1) is 0 Å². The Bertz CT molecular complexity index is 656. The summed E-state index contributed by atoms with van der Waals surface area (Å²) in [6.07, 6.45) is 2.05. The molecule has 0 amide bonds. The highest BCUT2D eigenvalue weighted by Crippen LogP contribution is 2.35. The fourth-order valence-electron chi connectivity index (χ4n) is 2.68. The zero-order valence-corrected chi connectivity index (χ0v) is 12.7. The van der Waals surface area contributed by atoms with Crippen LogP contribution in [0.4, 0.5) is 4.39 Å². The van der Waals surface area contributed by atoms with Gasteiger partial charge in [0.2, 0.25) is 10.0 Å². The van der Waals surface area contributed by atoms with Gasteiger partial charge < -0.3 is 5.11 Å². The Labute approximate surface area is 127 Å². The molecule has 5 nitrogen and oxygen atoms in total. The molecule has 1 aliphatic carbocycles. The zero-order valence-electron chi connectivity index (χ0n) is 11.1. The predicted molar refractivity (Wildman–Crippen MR) is 75.2 cm³/mol. The first-order valence-electron chi connectivity index (χ1n) is 6.45. The fourth-order valence-corrected chi connectivity index (χ4v) is 4.65. The van der Waals surface area contributed by atoms with Crippen LogP contribution in [-0.2, 0) is 14.8 Å². The van der Waals surface area contributed by atoms with Crippen LogP contribution in [0.3, 0.4) is 0 Å². The normalized spacial score (nSPS) is 17.8. The van der Waals surface area contributed by atoms with Crippen molar-refractivity contribution in [1.29, 1.82) is 0 Å². The molecule has 1 fully saturated rings. The summed E-state index contributed by atoms with van der Waals surface area (Å²) in [5.74, 6) is -1.80. The number of halogens is 2. The maximum Gasteiger partial charge on any atom is 0.305 e. The summed E-state index contributed by atoms with van der Waals surface area (Å²) in [6, 6.07) is 3.04. The summed E-state index contributed by atoms with van der Waals surface area (Å²) < 4.78 is 40.5. The van der Waals surface area contributed by atoms with Gasteiger partial charge in [0.25, 0.3) is 0 Å². The zero-order chi connectivity index (χ0) is 15.7. The van der Waals surface area contributed by atoms with Crippen LogP contribution < -0.4 is 4.72 Å². The first kappa shape index (κ1) is 16.2. The molecule has 0 radical (unpaired) electrons. The first-order chi connectivity index (χ1) is 9.74. The Kier molecular flexibility index (Phi) is 4.55. The number of benzene rings is 1. The van der Waals surface area contributed by atoms with Gasteiger partial charge in [-0.05, 0) is 31.0 Å². The molecular weight excluding hydrogens is 321 g/mol. The van der Waals surface area contributed by atoms with E-state index in [0.29, 0.717) is 12.8 Å². The lowest BCUT2D eigenvalue weighted by atomic mass is 9.95. The Hall–Kier alpha value is -1.18. The molecule has 2 rings (SSSR count). The molecule has 0 bridgehead atoms. The SMILES string of the molecule is O=C(O)CC1(NS(=O)(=O)c2cc(F)ccc2Cl)CCCC1. The molecule has 1 saturated carbocycles. The molecule has 0 heterocycles. The molecule has 0 aromatic heterocycles. The number of hydrogen-bond acceptors (Lipinski definition) is 3. The van der Waals surface area contributed by atoms with Crippen LogP contribution >= 0.6 is 11.6 Å². The number of hydrogen-bond donors (Lipinski definition) is 2. The summed E-state index contributed by atoms with van der Waals surface area (Å²) in [5.41, 5.74) is -1.03. The number of carboxylic acids is 1. The highest BCUT2D eigenvalue weighted by atomic mass is 35.5. The number of rotatable bonds is 5. The quantitative estimate of drug-likeness (QED) is 0.866. The van der Waals surface area contributed by atoms with Gasteiger partial charge in [0, 0.05) is 5.54 Å². The van der Waals surface area contributed by atoms with Gasteiger partial charge in [0.15, 0.2) is 0 Å². The molecule has 8 heteroatoms. The second kappa shape index (κ2) is 5.90. The monoisotopic (exact) mass is 335 g/mol. The number of sulfonamides is 1. The Balaban J connectivity index is 2.35. The average Bonchev–Trinajstić information content (AvgIpc) is 2.78. The molecular formula is C13H15ClFNO4S. The van der Waals surface area contributed by atoms with E-state index in [9.17, 15) is 17.6 Å². The van der Waals surface area contributed by atoms with Crippen LogP contribution in [-0.4, -0.2) is 25.0 Å². The van der Waals surface area contributed by atoms with Crippen molar-refractivity contribution in [2.24, 2.45) is 0 Å². The van der Waals surface area contributed by atoms with Gasteiger partial charge in [0.1, 0.15) is 10.7 Å². The number of carboxylic acid groups (broad SMARTS) is 1. The Morgan fingerprint density at radius 1 is 1.38 bits per heavy atom. The standard InChI is InChI=1S/C13H15ClFNO4S/c14-10-4-3-9(15)7-11(10)21(19,20)16-13(8-12(17)18)5-1-2-6-13/h3-4,7,16H,1-2,5-6,8H2,(H,17,18). The van der Waals surface area contributed by atoms with E-state index in [4.69, 9.17) is 16.7 Å². The third-order valence-corrected chi connectivity index (χ3v) is 5.64. The maximum atomic E-state index is 13.3. The predicted octanol–water partition coefficient (Wildman–Crippen LogP) is 2.54. The van der Waals surface area contributed by atoms with Crippen molar-refractivity contribution in [3.8, 4) is 0 Å². The van der Waals surface area contributed by atoms with Crippen LogP contribution in [0.1, 0.15) is 32.1 Å². The molecule has 1 aromatic rings. The molecule has 0 aliphatic heterocycles. The lowest BCUT2D eigenvalue weighted by Gasteiger charge is -2.28. The van der Waals surface area contributed by atoms with Gasteiger partial charge in [0.05, 0.1) is 11.4 Å². The van der Waals surface area contributed by atoms with Crippen LogP contribution in [0.25, 0.3) is 0 Å². The number of aliphatic carboxylic acids is 1. The molecule has 0 unspecified atom stereocenters. The average molecular weight is 336 g/mol. The smallest absolute Gasteiger partial charge is 0.305 e. The Morgan fingerprint density at radius 3 is 2.57 bits per heavy atom. The molecule has 0 atom stereocenters. The van der Waals surface area contributed by atoms with E-state index in [1.807, 2.05) is 0 Å². The van der Waals surface area contributed by atoms with Gasteiger partial charge in [-0.1, -0.05) is 24.4 Å². The van der Waals surface area contributed by atoms with E-state index in [0.717, 1.165) is 31.0 Å². The van der Waals surface area contributed by atoms with Crippen LogP contribution in [0.5, 0.6) is 0 Å². The van der Waals surface area contributed by atoms with E-state index in [1.54, 1.807) is 0 Å². The molecule has 1 aromatic carbocycles. The summed E-state index contributed by atoms with van der Waals surface area (Å²) in [7, 11) is -4.09. The summed E-state index contributed by atoms with van der Waals surface area (Å²) in [4.78, 5) is 10.6. The lowest BCUT2D eigenvalue weighted by Crippen LogP contribution is -2.47. The van der Waals surface area contributed by atoms with Crippen molar-refractivity contribution in [2.75, 3.05) is 0 Å². The van der Waals surface area contributed by atoms with Crippen molar-refractivity contribution >= 4 is 27.6 Å². The fraction of sp³-hybridized carbons (Fsp3) is 0.462. The van der Waals surface area contributed by atoms with Gasteiger partial charge in [-0.3, -0.25) is 4.79 Å². The van der Waals surface area contributed by atoms with Crippen molar-refractivity contribution in [1.82, 2.24) is 4.72 Å². The largest absolute Gasteiger partial charge is 0.481 e. The maximum absolute atomic E-state index is 13.3. The van der Waals surface area contributed by atoms with Crippen LogP contribution in [0.2, 0.25) is 5.02 Å². The molecule has 0 spiro atoms. The minimum atomic E-state index is -4.09. The third kappa shape index (κ3) is 3.72. The Morgan fingerprint density at radius 2 is 2.00 bits per heavy atom. The van der Waals surface area contributed by atoms with E-state index in [-0.39, 0.29) is 16.3 Å². The second-order valence-corrected chi connectivity index (χ2v) is 7.30. The highest BCUT2D eigenvalue weighted by molar-refractivity contribution is 7.89. The second-order valence-electron chi connectivity index (χ2n) is 5.24. The number of nitrogens with one attached hydrogen (secondary N) is 1. The molecule has 1 aliphatic rings. The molecule has 0 saturated heterocycles. The van der Waals surface area contributed by atoms with Crippen molar-refractivity contribution in [2.45, 2.75) is 42.5 Å². The minimum Gasteiger partial charge on any atom is -0.481 e. The summed E-state index contributed by atoms with van der Waals surface area (Å²) in [6.45, 7) is 0. The van der Waals surface area contributed by atoms with Crippen molar-refractivity contribution in [3.05, 3.63) is 29.0 Å². The minimum absolute atomic E-state index is 0.104. The molecule has 21 heavy (non-hydrogen) atoms. The third-order valence-electron chi connectivity index (χ3n) is 3.58. The van der Waals surface area contributed by atoms with Gasteiger partial charge in [-0.25, -0.2) is 17.5 Å². The molecule has 2 N–H and O–H groups in total. The van der Waals surface area contributed by atoms with Crippen LogP contribution in [0.15, 0.2) is 23.1 Å². The van der Waals surface area contributed by atoms with E-state index < -0.39 is 27.3 Å². The summed E-state index contributed by atoms with van der Waals surface area (Å²) >= 11 is 5.82. The van der Waals surface area contributed by atoms with Gasteiger partial charge >= 0.3 is 5.97 Å². The van der Waals surface area contributed by atoms with Crippen molar-refractivity contribution in [3.63, 3.8) is 0 Å². The highest BCUT2D eigenvalue weighted by Gasteiger charge is 2.40. The first-order valence-corrected chi connectivity index (χ1v) is 8.31. The molecule has 116 valence electrons. The van der Waals surface area contributed by atoms with Gasteiger partial charge in [-0.2, -0.15) is 0 Å². The van der Waals surface area contributed by atoms with Crippen LogP contribution in [0, 0.1) is 5.82 Å². The summed E-state index contributed by atoms with van der Waals surface area (Å²) in [5, 5.41) is 8.88. The van der Waals surface area contributed by atoms with E-state index in [2.05, 4.69) is 4.72 Å². The van der Waals surface area contributed by atoms with Crippen molar-refractivity contribution < 1.29 is 22.7 Å². The van der Waals surface area contributed by atoms with E-state index >= 15 is 0 Å². The van der Waals surface area contributed by atoms with E-state index in [1.165, 1.54) is 0 Å². The number of carbonyl (C=O) groups is 1. The lowest BCUT2D eigenvalue weighted by molar-refractivity contribution is -0.138.